The summed E-state index contributed by atoms with van der Waals surface area (Å²) in [7, 11) is 0. The summed E-state index contributed by atoms with van der Waals surface area (Å²) in [6.45, 7) is 3.86. The van der Waals surface area contributed by atoms with Gasteiger partial charge in [0.25, 0.3) is 0 Å². The molecule has 0 fully saturated rings. The fraction of sp³-hybridized carbons (Fsp3) is 0.308. The number of nitrogens with one attached hydrogen (secondary N) is 1. The van der Waals surface area contributed by atoms with E-state index in [1.807, 2.05) is 0 Å². The highest BCUT2D eigenvalue weighted by atomic mass is 14.6. The smallest absolute Gasteiger partial charge is 0.00871 e. The predicted octanol–water partition coefficient (Wildman–Crippen LogP) is 3.71. The summed E-state index contributed by atoms with van der Waals surface area (Å²) in [4.78, 5) is 3.16. The average Bonchev–Trinajstić information content (AvgIpc) is 2.67. The van der Waals surface area contributed by atoms with Crippen LogP contribution in [-0.2, 0) is 6.42 Å². The van der Waals surface area contributed by atoms with Crippen LogP contribution in [0, 0.1) is 6.92 Å². The highest BCUT2D eigenvalue weighted by molar-refractivity contribution is 5.85. The lowest BCUT2D eigenvalue weighted by atomic mass is 10.0. The summed E-state index contributed by atoms with van der Waals surface area (Å²) in [5.41, 5.74) is 1.46. The van der Waals surface area contributed by atoms with Crippen molar-refractivity contribution in [2.75, 3.05) is 0 Å². The van der Waals surface area contributed by atoms with Crippen LogP contribution < -0.4 is 0 Å². The van der Waals surface area contributed by atoms with Crippen LogP contribution in [0.5, 0.6) is 0 Å². The van der Waals surface area contributed by atoms with Gasteiger partial charge in [0.15, 0.2) is 0 Å². The Labute approximate surface area is 85.1 Å². The zero-order valence-electron chi connectivity index (χ0n) is 8.42. The molecule has 0 aliphatic heterocycles. The highest BCUT2D eigenvalue weighted by Crippen LogP contribution is 2.19. The van der Waals surface area contributed by atoms with Gasteiger partial charge in [-0.2, -0.15) is 0 Å². The number of fused-ring (bicyclic) bond motifs is 1. The molecule has 1 aromatic heterocycles. The third-order valence-corrected chi connectivity index (χ3v) is 2.64. The minimum atomic E-state index is 1.04. The van der Waals surface area contributed by atoms with Crippen molar-refractivity contribution in [2.24, 2.45) is 0 Å². The third kappa shape index (κ3) is 1.82. The average molecular weight is 186 g/mol. The number of hydrogen-bond donors (Lipinski definition) is 1. The molecule has 1 N–H and O–H groups in total. The van der Waals surface area contributed by atoms with Gasteiger partial charge in [-0.3, -0.25) is 0 Å². The van der Waals surface area contributed by atoms with Crippen LogP contribution in [0.2, 0.25) is 0 Å². The molecule has 1 heteroatoms. The van der Waals surface area contributed by atoms with E-state index in [4.69, 9.17) is 0 Å². The molecule has 0 saturated carbocycles. The Kier molecular flexibility index (Phi) is 2.87. The molecule has 2 rings (SSSR count). The first kappa shape index (κ1) is 9.32. The Morgan fingerprint density at radius 2 is 2.07 bits per heavy atom. The summed E-state index contributed by atoms with van der Waals surface area (Å²) >= 11 is 0. The Morgan fingerprint density at radius 3 is 2.93 bits per heavy atom. The van der Waals surface area contributed by atoms with E-state index in [1.54, 1.807) is 0 Å². The van der Waals surface area contributed by atoms with E-state index in [0.717, 1.165) is 6.42 Å². The SMILES string of the molecule is [CH2]CCCCc1cccc2c[nH]cc12. The Bertz CT molecular complexity index is 400. The second-order valence-electron chi connectivity index (χ2n) is 3.69. The normalized spacial score (nSPS) is 10.9. The standard InChI is InChI=1S/C13H16N/c1-2-3-4-6-11-7-5-8-12-9-14-10-13(11)12/h5,7-10,14H,1-4,6H2. The van der Waals surface area contributed by atoms with E-state index in [-0.39, 0.29) is 0 Å². The van der Waals surface area contributed by atoms with E-state index in [1.165, 1.54) is 35.6 Å². The Balaban J connectivity index is 2.19. The zero-order valence-corrected chi connectivity index (χ0v) is 8.42. The molecule has 0 atom stereocenters. The summed E-state index contributed by atoms with van der Waals surface area (Å²) in [5.74, 6) is 0. The van der Waals surface area contributed by atoms with Crippen molar-refractivity contribution < 1.29 is 0 Å². The van der Waals surface area contributed by atoms with Crippen LogP contribution in [0.25, 0.3) is 10.8 Å². The van der Waals surface area contributed by atoms with Crippen LogP contribution >= 0.6 is 0 Å². The summed E-state index contributed by atoms with van der Waals surface area (Å²) in [6, 6.07) is 6.51. The molecule has 2 aromatic rings. The van der Waals surface area contributed by atoms with Gasteiger partial charge in [-0.1, -0.05) is 38.0 Å². The predicted molar refractivity (Wildman–Crippen MR) is 61.2 cm³/mol. The molecule has 0 aliphatic rings. The molecule has 1 aromatic carbocycles. The molecule has 0 aliphatic carbocycles. The second-order valence-corrected chi connectivity index (χ2v) is 3.69. The lowest BCUT2D eigenvalue weighted by Gasteiger charge is -2.02. The number of unbranched alkanes of at least 4 members (excludes halogenated alkanes) is 2. The zero-order chi connectivity index (χ0) is 9.80. The first-order chi connectivity index (χ1) is 6.92. The topological polar surface area (TPSA) is 15.8 Å². The number of aryl methyl sites for hydroxylation is 1. The third-order valence-electron chi connectivity index (χ3n) is 2.64. The van der Waals surface area contributed by atoms with E-state index >= 15 is 0 Å². The molecule has 0 saturated heterocycles. The van der Waals surface area contributed by atoms with E-state index in [9.17, 15) is 0 Å². The number of aromatic nitrogens is 1. The maximum Gasteiger partial charge on any atom is 0.00871 e. The van der Waals surface area contributed by atoms with Crippen LogP contribution in [-0.4, -0.2) is 4.98 Å². The quantitative estimate of drug-likeness (QED) is 0.700. The van der Waals surface area contributed by atoms with Gasteiger partial charge < -0.3 is 4.98 Å². The molecule has 0 bridgehead atoms. The van der Waals surface area contributed by atoms with Gasteiger partial charge in [-0.25, -0.2) is 0 Å². The molecule has 0 unspecified atom stereocenters. The first-order valence-corrected chi connectivity index (χ1v) is 5.25. The van der Waals surface area contributed by atoms with Gasteiger partial charge >= 0.3 is 0 Å². The van der Waals surface area contributed by atoms with Crippen molar-refractivity contribution in [3.05, 3.63) is 43.1 Å². The molecule has 0 spiro atoms. The minimum Gasteiger partial charge on any atom is -0.366 e. The molecule has 0 amide bonds. The summed E-state index contributed by atoms with van der Waals surface area (Å²) < 4.78 is 0. The molecule has 1 radical (unpaired) electrons. The summed E-state index contributed by atoms with van der Waals surface area (Å²) in [5, 5.41) is 2.69. The monoisotopic (exact) mass is 186 g/mol. The van der Waals surface area contributed by atoms with Gasteiger partial charge in [0, 0.05) is 17.8 Å². The van der Waals surface area contributed by atoms with E-state index < -0.39 is 0 Å². The number of benzene rings is 1. The molecule has 14 heavy (non-hydrogen) atoms. The van der Waals surface area contributed by atoms with Gasteiger partial charge in [0.2, 0.25) is 0 Å². The van der Waals surface area contributed by atoms with E-state index in [0.29, 0.717) is 0 Å². The lowest BCUT2D eigenvalue weighted by Crippen LogP contribution is -1.85. The highest BCUT2D eigenvalue weighted by Gasteiger charge is 2.00. The maximum absolute atomic E-state index is 3.86. The van der Waals surface area contributed by atoms with Crippen LogP contribution in [0.3, 0.4) is 0 Å². The van der Waals surface area contributed by atoms with E-state index in [2.05, 4.69) is 42.5 Å². The molecular weight excluding hydrogens is 170 g/mol. The van der Waals surface area contributed by atoms with Gasteiger partial charge in [-0.15, -0.1) is 0 Å². The number of rotatable bonds is 4. The molecule has 1 heterocycles. The number of hydrogen-bond acceptors (Lipinski definition) is 0. The van der Waals surface area contributed by atoms with Gasteiger partial charge in [0.1, 0.15) is 0 Å². The fourth-order valence-corrected chi connectivity index (χ4v) is 1.86. The lowest BCUT2D eigenvalue weighted by molar-refractivity contribution is 0.749. The summed E-state index contributed by atoms with van der Waals surface area (Å²) in [6.07, 6.45) is 8.83. The number of aromatic amines is 1. The van der Waals surface area contributed by atoms with Crippen molar-refractivity contribution in [3.8, 4) is 0 Å². The van der Waals surface area contributed by atoms with Crippen molar-refractivity contribution in [3.63, 3.8) is 0 Å². The minimum absolute atomic E-state index is 1.04. The van der Waals surface area contributed by atoms with Gasteiger partial charge in [-0.05, 0) is 23.8 Å². The second kappa shape index (κ2) is 4.32. The van der Waals surface area contributed by atoms with Crippen molar-refractivity contribution in [1.29, 1.82) is 0 Å². The Morgan fingerprint density at radius 1 is 1.14 bits per heavy atom. The maximum atomic E-state index is 3.86. The van der Waals surface area contributed by atoms with Crippen molar-refractivity contribution in [2.45, 2.75) is 25.7 Å². The van der Waals surface area contributed by atoms with Gasteiger partial charge in [0.05, 0.1) is 0 Å². The largest absolute Gasteiger partial charge is 0.366 e. The molecule has 1 nitrogen and oxygen atoms in total. The fourth-order valence-electron chi connectivity index (χ4n) is 1.86. The number of H-pyrrole nitrogens is 1. The Hall–Kier alpha value is -1.24. The van der Waals surface area contributed by atoms with Crippen LogP contribution in [0.4, 0.5) is 0 Å². The first-order valence-electron chi connectivity index (χ1n) is 5.25. The molecule has 73 valence electrons. The van der Waals surface area contributed by atoms with Crippen LogP contribution in [0.1, 0.15) is 24.8 Å². The van der Waals surface area contributed by atoms with Crippen LogP contribution in [0.15, 0.2) is 30.6 Å². The van der Waals surface area contributed by atoms with Crippen molar-refractivity contribution in [1.82, 2.24) is 4.98 Å². The van der Waals surface area contributed by atoms with Crippen molar-refractivity contribution >= 4 is 10.8 Å². The molecular formula is C13H16N.